The lowest BCUT2D eigenvalue weighted by Gasteiger charge is -2.18. The van der Waals surface area contributed by atoms with Crippen LogP contribution in [0.25, 0.3) is 0 Å². The summed E-state index contributed by atoms with van der Waals surface area (Å²) in [6.45, 7) is 0.361. The predicted octanol–water partition coefficient (Wildman–Crippen LogP) is 3.52. The molecule has 0 spiro atoms. The van der Waals surface area contributed by atoms with Crippen LogP contribution in [0.5, 0.6) is 34.5 Å². The monoisotopic (exact) mass is 406 g/mol. The zero-order chi connectivity index (χ0) is 21.0. The smallest absolute Gasteiger partial charge is 0.203 e. The Morgan fingerprint density at radius 2 is 1.03 bits per heavy atom. The van der Waals surface area contributed by atoms with Crippen LogP contribution in [0.3, 0.4) is 0 Å². The first kappa shape index (κ1) is 20.9. The van der Waals surface area contributed by atoms with Crippen LogP contribution in [0.4, 0.5) is 0 Å². The predicted molar refractivity (Wildman–Crippen MR) is 105 cm³/mol. The van der Waals surface area contributed by atoms with Gasteiger partial charge in [-0.1, -0.05) is 0 Å². The summed E-state index contributed by atoms with van der Waals surface area (Å²) in [4.78, 5) is 0. The van der Waals surface area contributed by atoms with Crippen LogP contribution in [-0.2, 0) is 9.47 Å². The molecule has 1 fully saturated rings. The van der Waals surface area contributed by atoms with Gasteiger partial charge in [0.05, 0.1) is 49.3 Å². The van der Waals surface area contributed by atoms with Gasteiger partial charge < -0.3 is 37.9 Å². The summed E-state index contributed by atoms with van der Waals surface area (Å²) >= 11 is 0. The fourth-order valence-electron chi connectivity index (χ4n) is 3.28. The molecular formula is C21H26O8. The number of benzene rings is 2. The van der Waals surface area contributed by atoms with Crippen LogP contribution < -0.4 is 28.4 Å². The van der Waals surface area contributed by atoms with Crippen molar-refractivity contribution >= 4 is 0 Å². The van der Waals surface area contributed by atoms with Crippen molar-refractivity contribution in [2.45, 2.75) is 12.4 Å². The van der Waals surface area contributed by atoms with Crippen molar-refractivity contribution in [1.29, 1.82) is 0 Å². The molecule has 2 aromatic rings. The maximum Gasteiger partial charge on any atom is 0.203 e. The maximum atomic E-state index is 6.15. The van der Waals surface area contributed by atoms with Crippen LogP contribution in [0.1, 0.15) is 23.5 Å². The Morgan fingerprint density at radius 1 is 0.621 bits per heavy atom. The highest BCUT2D eigenvalue weighted by molar-refractivity contribution is 5.55. The topological polar surface area (TPSA) is 73.8 Å². The van der Waals surface area contributed by atoms with Gasteiger partial charge in [0, 0.05) is 5.56 Å². The summed E-state index contributed by atoms with van der Waals surface area (Å²) in [5.41, 5.74) is 1.61. The molecule has 0 N–H and O–H groups in total. The van der Waals surface area contributed by atoms with Crippen LogP contribution in [0, 0.1) is 0 Å². The molecule has 1 aliphatic heterocycles. The zero-order valence-electron chi connectivity index (χ0n) is 17.4. The van der Waals surface area contributed by atoms with Crippen LogP contribution in [-0.4, -0.2) is 49.3 Å². The normalized spacial score (nSPS) is 18.3. The SMILES string of the molecule is COc1cc([C@H]2OC[C@H](c3cc(OC)c(OC)c(OC)c3)O2)cc(OC)c1OC. The molecule has 0 unspecified atom stereocenters. The minimum atomic E-state index is -0.590. The van der Waals surface area contributed by atoms with E-state index in [0.29, 0.717) is 41.1 Å². The van der Waals surface area contributed by atoms with Crippen LogP contribution in [0.15, 0.2) is 24.3 Å². The van der Waals surface area contributed by atoms with E-state index in [1.54, 1.807) is 42.7 Å². The molecule has 0 radical (unpaired) electrons. The van der Waals surface area contributed by atoms with E-state index in [1.165, 1.54) is 0 Å². The van der Waals surface area contributed by atoms with Gasteiger partial charge in [0.2, 0.25) is 11.5 Å². The molecule has 1 saturated heterocycles. The van der Waals surface area contributed by atoms with Crippen LogP contribution in [0.2, 0.25) is 0 Å². The molecular weight excluding hydrogens is 380 g/mol. The number of methoxy groups -OCH3 is 6. The van der Waals surface area contributed by atoms with Gasteiger partial charge >= 0.3 is 0 Å². The average molecular weight is 406 g/mol. The third-order valence-electron chi connectivity index (χ3n) is 4.70. The summed E-state index contributed by atoms with van der Waals surface area (Å²) in [7, 11) is 9.41. The molecule has 158 valence electrons. The zero-order valence-corrected chi connectivity index (χ0v) is 17.4. The van der Waals surface area contributed by atoms with Gasteiger partial charge in [-0.05, 0) is 29.8 Å². The second kappa shape index (κ2) is 9.11. The highest BCUT2D eigenvalue weighted by atomic mass is 16.7. The molecule has 1 heterocycles. The first-order valence-corrected chi connectivity index (χ1v) is 8.97. The first-order valence-electron chi connectivity index (χ1n) is 8.97. The Morgan fingerprint density at radius 3 is 1.41 bits per heavy atom. The van der Waals surface area contributed by atoms with Gasteiger partial charge in [0.15, 0.2) is 29.3 Å². The van der Waals surface area contributed by atoms with Crippen molar-refractivity contribution in [3.8, 4) is 34.5 Å². The van der Waals surface area contributed by atoms with Gasteiger partial charge in [0.1, 0.15) is 6.10 Å². The second-order valence-electron chi connectivity index (χ2n) is 6.21. The summed E-state index contributed by atoms with van der Waals surface area (Å²) in [6.07, 6.45) is -0.902. The fourth-order valence-corrected chi connectivity index (χ4v) is 3.28. The summed E-state index contributed by atoms with van der Waals surface area (Å²) in [6, 6.07) is 7.33. The van der Waals surface area contributed by atoms with E-state index in [9.17, 15) is 0 Å². The Balaban J connectivity index is 1.89. The van der Waals surface area contributed by atoms with E-state index in [4.69, 9.17) is 37.9 Å². The second-order valence-corrected chi connectivity index (χ2v) is 6.21. The van der Waals surface area contributed by atoms with E-state index in [1.807, 2.05) is 24.3 Å². The summed E-state index contributed by atoms with van der Waals surface area (Å²) in [5.74, 6) is 3.22. The van der Waals surface area contributed by atoms with Gasteiger partial charge in [0.25, 0.3) is 0 Å². The maximum absolute atomic E-state index is 6.15. The molecule has 0 bridgehead atoms. The highest BCUT2D eigenvalue weighted by Gasteiger charge is 2.31. The number of rotatable bonds is 8. The minimum Gasteiger partial charge on any atom is -0.493 e. The van der Waals surface area contributed by atoms with Crippen molar-refractivity contribution in [1.82, 2.24) is 0 Å². The molecule has 0 amide bonds. The molecule has 29 heavy (non-hydrogen) atoms. The van der Waals surface area contributed by atoms with E-state index >= 15 is 0 Å². The molecule has 0 saturated carbocycles. The fraction of sp³-hybridized carbons (Fsp3) is 0.429. The summed E-state index contributed by atoms with van der Waals surface area (Å²) < 4.78 is 44.5. The number of hydrogen-bond acceptors (Lipinski definition) is 8. The molecule has 1 aliphatic rings. The van der Waals surface area contributed by atoms with E-state index in [0.717, 1.165) is 11.1 Å². The first-order chi connectivity index (χ1) is 14.1. The Hall–Kier alpha value is -2.84. The van der Waals surface area contributed by atoms with Crippen LogP contribution >= 0.6 is 0 Å². The number of hydrogen-bond donors (Lipinski definition) is 0. The Labute approximate surface area is 170 Å². The molecule has 3 rings (SSSR count). The lowest BCUT2D eigenvalue weighted by Crippen LogP contribution is -2.04. The van der Waals surface area contributed by atoms with Gasteiger partial charge in [-0.2, -0.15) is 0 Å². The summed E-state index contributed by atoms with van der Waals surface area (Å²) in [5, 5.41) is 0. The minimum absolute atomic E-state index is 0.312. The van der Waals surface area contributed by atoms with Crippen molar-refractivity contribution in [3.63, 3.8) is 0 Å². The van der Waals surface area contributed by atoms with E-state index < -0.39 is 6.29 Å². The molecule has 0 aromatic heterocycles. The number of ether oxygens (including phenoxy) is 8. The standard InChI is InChI=1S/C21H26O8/c1-22-14-7-12(8-15(23-2)19(14)26-5)18-11-28-21(29-18)13-9-16(24-3)20(27-6)17(10-13)25-4/h7-10,18,21H,11H2,1-6H3/t18-,21+/m1/s1. The molecule has 0 aliphatic carbocycles. The quantitative estimate of drug-likeness (QED) is 0.659. The highest BCUT2D eigenvalue weighted by Crippen LogP contribution is 2.45. The van der Waals surface area contributed by atoms with Gasteiger partial charge in [-0.15, -0.1) is 0 Å². The average Bonchev–Trinajstić information content (AvgIpc) is 3.27. The van der Waals surface area contributed by atoms with E-state index in [-0.39, 0.29) is 6.10 Å². The third kappa shape index (κ3) is 3.99. The molecule has 8 nitrogen and oxygen atoms in total. The lowest BCUT2D eigenvalue weighted by molar-refractivity contribution is -0.0610. The van der Waals surface area contributed by atoms with Crippen molar-refractivity contribution in [2.24, 2.45) is 0 Å². The molecule has 8 heteroatoms. The van der Waals surface area contributed by atoms with Gasteiger partial charge in [-0.25, -0.2) is 0 Å². The van der Waals surface area contributed by atoms with Crippen molar-refractivity contribution < 1.29 is 37.9 Å². The Kier molecular flexibility index (Phi) is 6.56. The van der Waals surface area contributed by atoms with Crippen molar-refractivity contribution in [2.75, 3.05) is 49.3 Å². The lowest BCUT2D eigenvalue weighted by atomic mass is 10.1. The van der Waals surface area contributed by atoms with Gasteiger partial charge in [-0.3, -0.25) is 0 Å². The largest absolute Gasteiger partial charge is 0.493 e. The molecule has 2 atom stereocenters. The Bertz CT molecular complexity index is 731. The van der Waals surface area contributed by atoms with E-state index in [2.05, 4.69) is 0 Å². The third-order valence-corrected chi connectivity index (χ3v) is 4.70. The molecule has 2 aromatic carbocycles. The van der Waals surface area contributed by atoms with Crippen molar-refractivity contribution in [3.05, 3.63) is 35.4 Å².